The second-order valence-corrected chi connectivity index (χ2v) is 8.03. The summed E-state index contributed by atoms with van der Waals surface area (Å²) in [5, 5.41) is 18.5. The highest BCUT2D eigenvalue weighted by molar-refractivity contribution is 5.92. The van der Waals surface area contributed by atoms with Gasteiger partial charge in [0.2, 0.25) is 5.91 Å². The Kier molecular flexibility index (Phi) is 5.52. The summed E-state index contributed by atoms with van der Waals surface area (Å²) in [5.41, 5.74) is 1.29. The lowest BCUT2D eigenvalue weighted by molar-refractivity contribution is -0.118. The molecule has 158 valence electrons. The Morgan fingerprint density at radius 3 is 2.52 bits per heavy atom. The molecule has 0 fully saturated rings. The Hall–Kier alpha value is -3.58. The van der Waals surface area contributed by atoms with Crippen molar-refractivity contribution in [1.29, 1.82) is 0 Å². The Morgan fingerprint density at radius 2 is 1.84 bits per heavy atom. The zero-order valence-electron chi connectivity index (χ0n) is 17.3. The van der Waals surface area contributed by atoms with Gasteiger partial charge in [-0.2, -0.15) is 5.10 Å². The van der Waals surface area contributed by atoms with Gasteiger partial charge in [-0.1, -0.05) is 30.3 Å². The Morgan fingerprint density at radius 1 is 1.13 bits per heavy atom. The van der Waals surface area contributed by atoms with E-state index in [4.69, 9.17) is 0 Å². The highest BCUT2D eigenvalue weighted by Gasteiger charge is 2.30. The Bertz CT molecular complexity index is 1200. The van der Waals surface area contributed by atoms with E-state index in [-0.39, 0.29) is 24.1 Å². The van der Waals surface area contributed by atoms with E-state index in [1.165, 1.54) is 12.1 Å². The van der Waals surface area contributed by atoms with Gasteiger partial charge in [-0.3, -0.25) is 4.79 Å². The summed E-state index contributed by atoms with van der Waals surface area (Å²) in [7, 11) is 0. The van der Waals surface area contributed by atoms with Crippen molar-refractivity contribution in [3.05, 3.63) is 84.4 Å². The molecule has 1 amide bonds. The summed E-state index contributed by atoms with van der Waals surface area (Å²) in [6.07, 6.45) is 3.40. The minimum atomic E-state index is -1.06. The number of nitrogens with zero attached hydrogens (tertiary/aromatic N) is 3. The lowest BCUT2D eigenvalue weighted by atomic mass is 9.82. The van der Waals surface area contributed by atoms with Crippen molar-refractivity contribution in [1.82, 2.24) is 14.8 Å². The lowest BCUT2D eigenvalue weighted by Crippen LogP contribution is -2.32. The number of benzene rings is 2. The number of rotatable bonds is 6. The van der Waals surface area contributed by atoms with E-state index in [0.717, 1.165) is 16.5 Å². The molecule has 0 radical (unpaired) electrons. The number of pyridine rings is 1. The third kappa shape index (κ3) is 4.62. The molecule has 2 aromatic heterocycles. The normalized spacial score (nSPS) is 12.6. The number of carbonyl (C=O) groups is 1. The molecule has 6 nitrogen and oxygen atoms in total. The van der Waals surface area contributed by atoms with Crippen LogP contribution in [0.1, 0.15) is 31.7 Å². The van der Waals surface area contributed by atoms with Gasteiger partial charge in [0.1, 0.15) is 11.6 Å². The third-order valence-electron chi connectivity index (χ3n) is 5.24. The van der Waals surface area contributed by atoms with Gasteiger partial charge < -0.3 is 10.4 Å². The van der Waals surface area contributed by atoms with Crippen LogP contribution in [0.5, 0.6) is 0 Å². The van der Waals surface area contributed by atoms with Gasteiger partial charge in [-0.25, -0.2) is 14.1 Å². The average molecular weight is 418 g/mol. The molecule has 2 aromatic carbocycles. The van der Waals surface area contributed by atoms with Crippen molar-refractivity contribution >= 4 is 22.6 Å². The monoisotopic (exact) mass is 418 g/mol. The maximum Gasteiger partial charge on any atom is 0.226 e. The van der Waals surface area contributed by atoms with E-state index in [2.05, 4.69) is 15.4 Å². The summed E-state index contributed by atoms with van der Waals surface area (Å²) in [4.78, 5) is 17.1. The molecular weight excluding hydrogens is 395 g/mol. The molecule has 2 N–H and O–H groups in total. The average Bonchev–Trinajstić information content (AvgIpc) is 3.15. The van der Waals surface area contributed by atoms with Crippen LogP contribution in [-0.4, -0.2) is 31.4 Å². The number of aliphatic hydroxyl groups is 1. The summed E-state index contributed by atoms with van der Waals surface area (Å²) in [6, 6.07) is 17.2. The molecule has 0 aliphatic rings. The highest BCUT2D eigenvalue weighted by atomic mass is 19.1. The Balaban J connectivity index is 1.53. The smallest absolute Gasteiger partial charge is 0.226 e. The third-order valence-corrected chi connectivity index (χ3v) is 5.24. The van der Waals surface area contributed by atoms with Gasteiger partial charge in [-0.15, -0.1) is 0 Å². The molecular formula is C24H23FN4O2. The van der Waals surface area contributed by atoms with Crippen molar-refractivity contribution in [3.63, 3.8) is 0 Å². The molecule has 7 heteroatoms. The summed E-state index contributed by atoms with van der Waals surface area (Å²) < 4.78 is 14.9. The largest absolute Gasteiger partial charge is 0.390 e. The maximum absolute atomic E-state index is 13.2. The van der Waals surface area contributed by atoms with Crippen molar-refractivity contribution in [2.75, 3.05) is 5.32 Å². The van der Waals surface area contributed by atoms with E-state index in [1.807, 2.05) is 30.3 Å². The summed E-state index contributed by atoms with van der Waals surface area (Å²) >= 11 is 0. The number of amides is 1. The minimum absolute atomic E-state index is 0.113. The molecule has 0 saturated heterocycles. The molecule has 31 heavy (non-hydrogen) atoms. The van der Waals surface area contributed by atoms with Crippen LogP contribution in [-0.2, 0) is 4.79 Å². The molecule has 0 unspecified atom stereocenters. The second kappa shape index (κ2) is 8.28. The van der Waals surface area contributed by atoms with Crippen molar-refractivity contribution in [2.24, 2.45) is 0 Å². The zero-order valence-corrected chi connectivity index (χ0v) is 17.3. The SMILES string of the molecule is CC(C)(O)[C@@H](CC(=O)Nc1cc2cnn(-c3ccc(F)cc3)c2cn1)c1ccccc1. The van der Waals surface area contributed by atoms with E-state index < -0.39 is 5.60 Å². The van der Waals surface area contributed by atoms with Crippen molar-refractivity contribution < 1.29 is 14.3 Å². The molecule has 4 aromatic rings. The number of carbonyl (C=O) groups excluding carboxylic acids is 1. The van der Waals surface area contributed by atoms with Crippen molar-refractivity contribution in [2.45, 2.75) is 31.8 Å². The first-order valence-corrected chi connectivity index (χ1v) is 9.98. The van der Waals surface area contributed by atoms with Crippen LogP contribution in [0.25, 0.3) is 16.6 Å². The first kappa shape index (κ1) is 20.7. The van der Waals surface area contributed by atoms with E-state index in [0.29, 0.717) is 11.5 Å². The van der Waals surface area contributed by atoms with Gasteiger partial charge in [0, 0.05) is 17.7 Å². The van der Waals surface area contributed by atoms with E-state index in [9.17, 15) is 14.3 Å². The lowest BCUT2D eigenvalue weighted by Gasteiger charge is -2.29. The number of aromatic nitrogens is 3. The van der Waals surface area contributed by atoms with Crippen LogP contribution < -0.4 is 5.32 Å². The first-order valence-electron chi connectivity index (χ1n) is 9.98. The van der Waals surface area contributed by atoms with Crippen molar-refractivity contribution in [3.8, 4) is 5.69 Å². The maximum atomic E-state index is 13.2. The van der Waals surface area contributed by atoms with Crippen LogP contribution in [0.4, 0.5) is 10.2 Å². The van der Waals surface area contributed by atoms with Crippen LogP contribution in [0.2, 0.25) is 0 Å². The molecule has 4 rings (SSSR count). The first-order chi connectivity index (χ1) is 14.8. The van der Waals surface area contributed by atoms with Crippen LogP contribution in [0.3, 0.4) is 0 Å². The standard InChI is InChI=1S/C24H23FN4O2/c1-24(2,31)20(16-6-4-3-5-7-16)13-23(30)28-22-12-17-14-27-29(21(17)15-26-22)19-10-8-18(25)9-11-19/h3-12,14-15,20,31H,13H2,1-2H3,(H,26,28,30)/t20-/m0/s1. The van der Waals surface area contributed by atoms with Gasteiger partial charge in [0.05, 0.1) is 29.2 Å². The quantitative estimate of drug-likeness (QED) is 0.485. The molecule has 0 aliphatic heterocycles. The minimum Gasteiger partial charge on any atom is -0.390 e. The van der Waals surface area contributed by atoms with E-state index in [1.54, 1.807) is 49.1 Å². The van der Waals surface area contributed by atoms with Crippen LogP contribution in [0, 0.1) is 5.82 Å². The number of hydrogen-bond donors (Lipinski definition) is 2. The summed E-state index contributed by atoms with van der Waals surface area (Å²) in [6.45, 7) is 3.40. The van der Waals surface area contributed by atoms with Gasteiger partial charge in [0.15, 0.2) is 0 Å². The predicted octanol–water partition coefficient (Wildman–Crippen LogP) is 4.44. The molecule has 0 saturated carbocycles. The van der Waals surface area contributed by atoms with Crippen LogP contribution in [0.15, 0.2) is 73.1 Å². The molecule has 0 aliphatic carbocycles. The fourth-order valence-corrected chi connectivity index (χ4v) is 3.62. The summed E-state index contributed by atoms with van der Waals surface area (Å²) in [5.74, 6) is -0.519. The van der Waals surface area contributed by atoms with Gasteiger partial charge in [-0.05, 0) is 49.7 Å². The number of halogens is 1. The molecule has 1 atom stereocenters. The molecule has 0 spiro atoms. The van der Waals surface area contributed by atoms with Crippen LogP contribution >= 0.6 is 0 Å². The molecule has 0 bridgehead atoms. The zero-order chi connectivity index (χ0) is 22.0. The van der Waals surface area contributed by atoms with Gasteiger partial charge >= 0.3 is 0 Å². The Labute approximate surface area is 179 Å². The fraction of sp³-hybridized carbons (Fsp3) is 0.208. The second-order valence-electron chi connectivity index (χ2n) is 8.03. The number of fused-ring (bicyclic) bond motifs is 1. The highest BCUT2D eigenvalue weighted by Crippen LogP contribution is 2.31. The number of hydrogen-bond acceptors (Lipinski definition) is 4. The predicted molar refractivity (Wildman–Crippen MR) is 118 cm³/mol. The topological polar surface area (TPSA) is 80.0 Å². The number of anilines is 1. The number of nitrogens with one attached hydrogen (secondary N) is 1. The van der Waals surface area contributed by atoms with Gasteiger partial charge in [0.25, 0.3) is 0 Å². The van der Waals surface area contributed by atoms with E-state index >= 15 is 0 Å². The molecule has 2 heterocycles. The fourth-order valence-electron chi connectivity index (χ4n) is 3.62.